The standard InChI is InChI=1S/C18H25N3O6S/c1-11(2)15(16(23)21-18(19)25)27-17(24)12-6-4-5-7-13(12)28-10-14(22)20-8-9-26-3/h4-7,11,15H,8-10H2,1-3H3,(H,20,22)(H3,19,21,23,25)/t15-/m0/s1. The zero-order valence-electron chi connectivity index (χ0n) is 16.0. The van der Waals surface area contributed by atoms with Gasteiger partial charge in [-0.25, -0.2) is 9.59 Å². The Hall–Kier alpha value is -2.59. The van der Waals surface area contributed by atoms with Gasteiger partial charge in [0.2, 0.25) is 5.91 Å². The lowest BCUT2D eigenvalue weighted by Crippen LogP contribution is -2.45. The largest absolute Gasteiger partial charge is 0.448 e. The van der Waals surface area contributed by atoms with Gasteiger partial charge < -0.3 is 20.5 Å². The summed E-state index contributed by atoms with van der Waals surface area (Å²) in [6, 6.07) is 5.56. The van der Waals surface area contributed by atoms with Gasteiger partial charge in [-0.15, -0.1) is 11.8 Å². The van der Waals surface area contributed by atoms with Crippen molar-refractivity contribution in [2.45, 2.75) is 24.8 Å². The number of hydrogen-bond donors (Lipinski definition) is 3. The first kappa shape index (κ1) is 23.4. The second-order valence-electron chi connectivity index (χ2n) is 6.05. The normalized spacial score (nSPS) is 11.6. The van der Waals surface area contributed by atoms with E-state index in [1.54, 1.807) is 32.0 Å². The van der Waals surface area contributed by atoms with E-state index in [0.717, 1.165) is 0 Å². The molecule has 28 heavy (non-hydrogen) atoms. The van der Waals surface area contributed by atoms with Crippen LogP contribution in [-0.2, 0) is 19.1 Å². The highest BCUT2D eigenvalue weighted by molar-refractivity contribution is 8.00. The van der Waals surface area contributed by atoms with Crippen molar-refractivity contribution in [1.29, 1.82) is 0 Å². The van der Waals surface area contributed by atoms with Gasteiger partial charge in [0.25, 0.3) is 5.91 Å². The number of primary amides is 1. The molecule has 4 amide bonds. The lowest BCUT2D eigenvalue weighted by molar-refractivity contribution is -0.130. The third-order valence-corrected chi connectivity index (χ3v) is 4.51. The van der Waals surface area contributed by atoms with Gasteiger partial charge in [0, 0.05) is 18.6 Å². The first-order valence-electron chi connectivity index (χ1n) is 8.55. The van der Waals surface area contributed by atoms with E-state index in [4.69, 9.17) is 15.2 Å². The number of esters is 1. The highest BCUT2D eigenvalue weighted by Crippen LogP contribution is 2.24. The third kappa shape index (κ3) is 7.97. The molecule has 10 heteroatoms. The Kier molecular flexibility index (Phi) is 10.0. The molecule has 1 atom stereocenters. The molecule has 0 saturated carbocycles. The monoisotopic (exact) mass is 411 g/mol. The molecule has 0 aromatic heterocycles. The zero-order valence-corrected chi connectivity index (χ0v) is 16.8. The van der Waals surface area contributed by atoms with Crippen LogP contribution in [0.5, 0.6) is 0 Å². The van der Waals surface area contributed by atoms with E-state index in [1.807, 2.05) is 5.32 Å². The molecule has 0 unspecified atom stereocenters. The molecular weight excluding hydrogens is 386 g/mol. The second-order valence-corrected chi connectivity index (χ2v) is 7.07. The van der Waals surface area contributed by atoms with Crippen LogP contribution in [0.1, 0.15) is 24.2 Å². The number of imide groups is 1. The fraction of sp³-hybridized carbons (Fsp3) is 0.444. The van der Waals surface area contributed by atoms with Crippen molar-refractivity contribution in [2.24, 2.45) is 11.7 Å². The number of nitrogens with one attached hydrogen (secondary N) is 2. The Morgan fingerprint density at radius 2 is 1.86 bits per heavy atom. The minimum Gasteiger partial charge on any atom is -0.448 e. The topological polar surface area (TPSA) is 137 Å². The number of thioether (sulfide) groups is 1. The molecule has 0 aliphatic heterocycles. The first-order valence-corrected chi connectivity index (χ1v) is 9.53. The van der Waals surface area contributed by atoms with E-state index in [1.165, 1.54) is 24.9 Å². The number of urea groups is 1. The minimum absolute atomic E-state index is 0.101. The Morgan fingerprint density at radius 3 is 2.46 bits per heavy atom. The van der Waals surface area contributed by atoms with Crippen molar-refractivity contribution in [3.8, 4) is 0 Å². The quantitative estimate of drug-likeness (QED) is 0.296. The first-order chi connectivity index (χ1) is 13.3. The number of methoxy groups -OCH3 is 1. The van der Waals surface area contributed by atoms with Gasteiger partial charge in [0.1, 0.15) is 0 Å². The molecule has 1 aromatic rings. The van der Waals surface area contributed by atoms with Gasteiger partial charge in [-0.2, -0.15) is 0 Å². The van der Waals surface area contributed by atoms with Crippen molar-refractivity contribution in [3.05, 3.63) is 29.8 Å². The fourth-order valence-corrected chi connectivity index (χ4v) is 2.98. The molecular formula is C18H25N3O6S. The van der Waals surface area contributed by atoms with E-state index in [0.29, 0.717) is 18.0 Å². The summed E-state index contributed by atoms with van der Waals surface area (Å²) in [7, 11) is 1.54. The molecule has 0 saturated heterocycles. The zero-order chi connectivity index (χ0) is 21.1. The van der Waals surface area contributed by atoms with Crippen molar-refractivity contribution >= 4 is 35.6 Å². The van der Waals surface area contributed by atoms with Crippen molar-refractivity contribution in [3.63, 3.8) is 0 Å². The number of carbonyl (C=O) groups excluding carboxylic acids is 4. The molecule has 0 aliphatic carbocycles. The summed E-state index contributed by atoms with van der Waals surface area (Å²) in [6.45, 7) is 4.14. The van der Waals surface area contributed by atoms with E-state index in [9.17, 15) is 19.2 Å². The molecule has 154 valence electrons. The number of amides is 4. The van der Waals surface area contributed by atoms with Crippen LogP contribution in [-0.4, -0.2) is 55.9 Å². The Bertz CT molecular complexity index is 710. The fourth-order valence-electron chi connectivity index (χ4n) is 2.11. The van der Waals surface area contributed by atoms with Crippen LogP contribution < -0.4 is 16.4 Å². The predicted octanol–water partition coefficient (Wildman–Crippen LogP) is 0.918. The Labute approximate surface area is 167 Å². The highest BCUT2D eigenvalue weighted by Gasteiger charge is 2.28. The SMILES string of the molecule is COCCNC(=O)CSc1ccccc1C(=O)O[C@H](C(=O)NC(N)=O)C(C)C. The molecule has 4 N–H and O–H groups in total. The summed E-state index contributed by atoms with van der Waals surface area (Å²) in [4.78, 5) is 47.9. The van der Waals surface area contributed by atoms with Crippen LogP contribution in [0.15, 0.2) is 29.2 Å². The maximum Gasteiger partial charge on any atom is 0.340 e. The summed E-state index contributed by atoms with van der Waals surface area (Å²) >= 11 is 1.17. The van der Waals surface area contributed by atoms with Crippen molar-refractivity contribution in [1.82, 2.24) is 10.6 Å². The van der Waals surface area contributed by atoms with Crippen LogP contribution >= 0.6 is 11.8 Å². The average Bonchev–Trinajstić information content (AvgIpc) is 2.63. The van der Waals surface area contributed by atoms with Gasteiger partial charge >= 0.3 is 12.0 Å². The van der Waals surface area contributed by atoms with Gasteiger partial charge in [-0.1, -0.05) is 26.0 Å². The molecule has 1 rings (SSSR count). The van der Waals surface area contributed by atoms with Crippen LogP contribution in [0.2, 0.25) is 0 Å². The molecule has 0 heterocycles. The average molecular weight is 411 g/mol. The van der Waals surface area contributed by atoms with Gasteiger partial charge in [-0.05, 0) is 18.1 Å². The summed E-state index contributed by atoms with van der Waals surface area (Å²) in [5.74, 6) is -2.01. The number of carbonyl (C=O) groups is 4. The van der Waals surface area contributed by atoms with E-state index >= 15 is 0 Å². The summed E-state index contributed by atoms with van der Waals surface area (Å²) in [5, 5.41) is 4.60. The molecule has 0 radical (unpaired) electrons. The molecule has 0 spiro atoms. The predicted molar refractivity (Wildman–Crippen MR) is 104 cm³/mol. The summed E-state index contributed by atoms with van der Waals surface area (Å²) in [6.07, 6.45) is -1.18. The Balaban J connectivity index is 2.81. The summed E-state index contributed by atoms with van der Waals surface area (Å²) in [5.41, 5.74) is 5.17. The number of hydrogen-bond acceptors (Lipinski definition) is 7. The molecule has 0 bridgehead atoms. The number of ether oxygens (including phenoxy) is 2. The van der Waals surface area contributed by atoms with Crippen LogP contribution in [0, 0.1) is 5.92 Å². The van der Waals surface area contributed by atoms with Gasteiger partial charge in [0.05, 0.1) is 17.9 Å². The molecule has 0 fully saturated rings. The third-order valence-electron chi connectivity index (χ3n) is 3.44. The molecule has 9 nitrogen and oxygen atoms in total. The molecule has 1 aromatic carbocycles. The smallest absolute Gasteiger partial charge is 0.340 e. The second kappa shape index (κ2) is 12.0. The minimum atomic E-state index is -1.18. The van der Waals surface area contributed by atoms with E-state index in [-0.39, 0.29) is 23.1 Å². The van der Waals surface area contributed by atoms with Crippen molar-refractivity contribution < 1.29 is 28.7 Å². The maximum absolute atomic E-state index is 12.6. The number of nitrogens with two attached hydrogens (primary N) is 1. The van der Waals surface area contributed by atoms with Crippen molar-refractivity contribution in [2.75, 3.05) is 26.0 Å². The molecule has 0 aliphatic rings. The van der Waals surface area contributed by atoms with Crippen LogP contribution in [0.3, 0.4) is 0 Å². The number of benzene rings is 1. The van der Waals surface area contributed by atoms with E-state index in [2.05, 4.69) is 5.32 Å². The van der Waals surface area contributed by atoms with Gasteiger partial charge in [0.15, 0.2) is 6.10 Å². The number of rotatable bonds is 10. The van der Waals surface area contributed by atoms with Gasteiger partial charge in [-0.3, -0.25) is 14.9 Å². The Morgan fingerprint density at radius 1 is 1.18 bits per heavy atom. The van der Waals surface area contributed by atoms with Crippen LogP contribution in [0.25, 0.3) is 0 Å². The van der Waals surface area contributed by atoms with E-state index < -0.39 is 24.0 Å². The highest BCUT2D eigenvalue weighted by atomic mass is 32.2. The summed E-state index contributed by atoms with van der Waals surface area (Å²) < 4.78 is 10.2. The van der Waals surface area contributed by atoms with Crippen LogP contribution in [0.4, 0.5) is 4.79 Å². The lowest BCUT2D eigenvalue weighted by Gasteiger charge is -2.20. The lowest BCUT2D eigenvalue weighted by atomic mass is 10.1. The maximum atomic E-state index is 12.6.